The Morgan fingerprint density at radius 3 is 2.32 bits per heavy atom. The SMILES string of the molecule is NC(=S)N(NC(=O)C1CCCN(S(=O)(=O)c2ccccc2)C1)c1ccccc1. The van der Waals surface area contributed by atoms with Crippen molar-refractivity contribution in [3.8, 4) is 0 Å². The number of nitrogens with two attached hydrogens (primary N) is 1. The highest BCUT2D eigenvalue weighted by molar-refractivity contribution is 7.89. The molecule has 1 saturated heterocycles. The average molecular weight is 419 g/mol. The number of carbonyl (C=O) groups is 1. The van der Waals surface area contributed by atoms with Gasteiger partial charge in [-0.1, -0.05) is 36.4 Å². The second kappa shape index (κ2) is 8.68. The molecule has 28 heavy (non-hydrogen) atoms. The summed E-state index contributed by atoms with van der Waals surface area (Å²) in [4.78, 5) is 13.0. The number of hydrogen-bond acceptors (Lipinski definition) is 4. The Morgan fingerprint density at radius 1 is 1.11 bits per heavy atom. The Labute approximate surface area is 170 Å². The Kier molecular flexibility index (Phi) is 6.28. The van der Waals surface area contributed by atoms with Crippen LogP contribution >= 0.6 is 12.2 Å². The van der Waals surface area contributed by atoms with Crippen molar-refractivity contribution in [1.29, 1.82) is 0 Å². The summed E-state index contributed by atoms with van der Waals surface area (Å²) in [6.45, 7) is 0.502. The van der Waals surface area contributed by atoms with Gasteiger partial charge in [0.05, 0.1) is 16.5 Å². The molecular formula is C19H22N4O3S2. The zero-order valence-corrected chi connectivity index (χ0v) is 16.8. The van der Waals surface area contributed by atoms with Crippen LogP contribution in [-0.2, 0) is 14.8 Å². The van der Waals surface area contributed by atoms with Crippen LogP contribution in [0.3, 0.4) is 0 Å². The van der Waals surface area contributed by atoms with Gasteiger partial charge >= 0.3 is 0 Å². The second-order valence-corrected chi connectivity index (χ2v) is 8.86. The largest absolute Gasteiger partial charge is 0.374 e. The van der Waals surface area contributed by atoms with Gasteiger partial charge in [0.25, 0.3) is 0 Å². The second-order valence-electron chi connectivity index (χ2n) is 6.50. The predicted octanol–water partition coefficient (Wildman–Crippen LogP) is 1.87. The molecule has 9 heteroatoms. The fraction of sp³-hybridized carbons (Fsp3) is 0.263. The zero-order valence-electron chi connectivity index (χ0n) is 15.2. The van der Waals surface area contributed by atoms with Crippen molar-refractivity contribution in [2.24, 2.45) is 11.7 Å². The van der Waals surface area contributed by atoms with Crippen molar-refractivity contribution >= 4 is 38.9 Å². The maximum Gasteiger partial charge on any atom is 0.243 e. The lowest BCUT2D eigenvalue weighted by molar-refractivity contribution is -0.126. The maximum absolute atomic E-state index is 12.9. The summed E-state index contributed by atoms with van der Waals surface area (Å²) < 4.78 is 27.1. The molecule has 3 N–H and O–H groups in total. The minimum absolute atomic E-state index is 0.00382. The Balaban J connectivity index is 1.73. The molecule has 0 radical (unpaired) electrons. The highest BCUT2D eigenvalue weighted by Gasteiger charge is 2.34. The van der Waals surface area contributed by atoms with Gasteiger partial charge in [-0.2, -0.15) is 4.31 Å². The minimum Gasteiger partial charge on any atom is -0.374 e. The number of anilines is 1. The van der Waals surface area contributed by atoms with Crippen LogP contribution < -0.4 is 16.2 Å². The van der Waals surface area contributed by atoms with Crippen LogP contribution in [-0.4, -0.2) is 36.8 Å². The fourth-order valence-electron chi connectivity index (χ4n) is 3.14. The molecule has 3 rings (SSSR count). The molecule has 1 amide bonds. The van der Waals surface area contributed by atoms with Gasteiger partial charge in [-0.05, 0) is 49.3 Å². The first-order valence-electron chi connectivity index (χ1n) is 8.90. The van der Waals surface area contributed by atoms with Crippen molar-refractivity contribution in [3.05, 3.63) is 60.7 Å². The number of benzene rings is 2. The normalized spacial score (nSPS) is 17.6. The van der Waals surface area contributed by atoms with Gasteiger partial charge in [0, 0.05) is 13.1 Å². The lowest BCUT2D eigenvalue weighted by Gasteiger charge is -2.33. The number of nitrogens with one attached hydrogen (secondary N) is 1. The molecule has 0 spiro atoms. The number of rotatable bonds is 4. The van der Waals surface area contributed by atoms with Gasteiger partial charge in [-0.15, -0.1) is 0 Å². The van der Waals surface area contributed by atoms with Gasteiger partial charge in [-0.25, -0.2) is 13.4 Å². The van der Waals surface area contributed by atoms with Gasteiger partial charge in [-0.3, -0.25) is 10.2 Å². The van der Waals surface area contributed by atoms with Crippen molar-refractivity contribution in [2.45, 2.75) is 17.7 Å². The molecule has 1 aliphatic heterocycles. The molecule has 0 aromatic heterocycles. The molecular weight excluding hydrogens is 396 g/mol. The monoisotopic (exact) mass is 418 g/mol. The van der Waals surface area contributed by atoms with Crippen molar-refractivity contribution in [3.63, 3.8) is 0 Å². The van der Waals surface area contributed by atoms with Crippen LogP contribution in [0.2, 0.25) is 0 Å². The molecule has 148 valence electrons. The van der Waals surface area contributed by atoms with Crippen LogP contribution in [0.4, 0.5) is 5.69 Å². The van der Waals surface area contributed by atoms with Gasteiger partial charge in [0.2, 0.25) is 15.9 Å². The maximum atomic E-state index is 12.9. The number of piperidine rings is 1. The number of amides is 1. The third-order valence-electron chi connectivity index (χ3n) is 4.59. The van der Waals surface area contributed by atoms with Gasteiger partial charge in [0.1, 0.15) is 0 Å². The Morgan fingerprint density at radius 2 is 1.71 bits per heavy atom. The smallest absolute Gasteiger partial charge is 0.243 e. The van der Waals surface area contributed by atoms with E-state index in [4.69, 9.17) is 18.0 Å². The lowest BCUT2D eigenvalue weighted by Crippen LogP contribution is -2.53. The first-order chi connectivity index (χ1) is 13.4. The number of carbonyl (C=O) groups excluding carboxylic acids is 1. The highest BCUT2D eigenvalue weighted by atomic mass is 32.2. The number of para-hydroxylation sites is 1. The van der Waals surface area contributed by atoms with Gasteiger partial charge < -0.3 is 5.73 Å². The molecule has 2 aromatic rings. The number of thiocarbonyl (C=S) groups is 1. The van der Waals surface area contributed by atoms with E-state index in [0.29, 0.717) is 25.1 Å². The summed E-state index contributed by atoms with van der Waals surface area (Å²) in [7, 11) is -3.64. The predicted molar refractivity (Wildman–Crippen MR) is 112 cm³/mol. The molecule has 1 atom stereocenters. The van der Waals surface area contributed by atoms with E-state index in [0.717, 1.165) is 0 Å². The summed E-state index contributed by atoms with van der Waals surface area (Å²) in [5.41, 5.74) is 9.11. The Hall–Kier alpha value is -2.49. The number of hydrazine groups is 1. The molecule has 0 aliphatic carbocycles. The lowest BCUT2D eigenvalue weighted by atomic mass is 9.99. The van der Waals surface area contributed by atoms with E-state index in [9.17, 15) is 13.2 Å². The summed E-state index contributed by atoms with van der Waals surface area (Å²) in [5, 5.41) is 1.34. The summed E-state index contributed by atoms with van der Waals surface area (Å²) in [6.07, 6.45) is 1.19. The molecule has 1 fully saturated rings. The number of hydrogen-bond donors (Lipinski definition) is 2. The Bertz CT molecular complexity index is 936. The summed E-state index contributed by atoms with van der Waals surface area (Å²) in [5.74, 6) is -0.808. The quantitative estimate of drug-likeness (QED) is 0.581. The van der Waals surface area contributed by atoms with E-state index in [-0.39, 0.29) is 22.5 Å². The van der Waals surface area contributed by atoms with Crippen molar-refractivity contribution in [2.75, 3.05) is 18.1 Å². The van der Waals surface area contributed by atoms with Crippen molar-refractivity contribution < 1.29 is 13.2 Å². The fourth-order valence-corrected chi connectivity index (χ4v) is 4.84. The van der Waals surface area contributed by atoms with Gasteiger partial charge in [0.15, 0.2) is 5.11 Å². The molecule has 7 nitrogen and oxygen atoms in total. The number of sulfonamides is 1. The van der Waals surface area contributed by atoms with E-state index in [1.807, 2.05) is 18.2 Å². The standard InChI is InChI=1S/C19H22N4O3S2/c20-19(27)23(16-9-3-1-4-10-16)21-18(24)15-8-7-13-22(14-15)28(25,26)17-11-5-2-6-12-17/h1-6,9-12,15H,7-8,13-14H2,(H2,20,27)(H,21,24). The van der Waals surface area contributed by atoms with E-state index in [1.165, 1.54) is 9.31 Å². The first kappa shape index (κ1) is 20.2. The van der Waals surface area contributed by atoms with Crippen LogP contribution in [0.5, 0.6) is 0 Å². The van der Waals surface area contributed by atoms with E-state index in [1.54, 1.807) is 42.5 Å². The number of nitrogens with zero attached hydrogens (tertiary/aromatic N) is 2. The van der Waals surface area contributed by atoms with Crippen LogP contribution in [0.15, 0.2) is 65.6 Å². The molecule has 1 aliphatic rings. The highest BCUT2D eigenvalue weighted by Crippen LogP contribution is 2.24. The van der Waals surface area contributed by atoms with E-state index < -0.39 is 15.9 Å². The molecule has 1 unspecified atom stereocenters. The third kappa shape index (κ3) is 4.49. The first-order valence-corrected chi connectivity index (χ1v) is 10.7. The molecule has 2 aromatic carbocycles. The molecule has 0 saturated carbocycles. The summed E-state index contributed by atoms with van der Waals surface area (Å²) in [6, 6.07) is 17.2. The van der Waals surface area contributed by atoms with E-state index >= 15 is 0 Å². The van der Waals surface area contributed by atoms with E-state index in [2.05, 4.69) is 5.43 Å². The van der Waals surface area contributed by atoms with Crippen LogP contribution in [0, 0.1) is 5.92 Å². The third-order valence-corrected chi connectivity index (χ3v) is 6.65. The average Bonchev–Trinajstić information content (AvgIpc) is 2.73. The summed E-state index contributed by atoms with van der Waals surface area (Å²) >= 11 is 5.05. The minimum atomic E-state index is -3.64. The topological polar surface area (TPSA) is 95.7 Å². The molecule has 0 bridgehead atoms. The van der Waals surface area contributed by atoms with Crippen molar-refractivity contribution in [1.82, 2.24) is 9.73 Å². The van der Waals surface area contributed by atoms with Crippen LogP contribution in [0.1, 0.15) is 12.8 Å². The zero-order chi connectivity index (χ0) is 20.1. The molecule has 1 heterocycles. The van der Waals surface area contributed by atoms with Crippen LogP contribution in [0.25, 0.3) is 0 Å².